The van der Waals surface area contributed by atoms with Crippen molar-refractivity contribution >= 4 is 11.8 Å². The van der Waals surface area contributed by atoms with Crippen LogP contribution in [-0.4, -0.2) is 19.9 Å². The van der Waals surface area contributed by atoms with Gasteiger partial charge in [-0.3, -0.25) is 0 Å². The maximum atomic E-state index is 9.29. The summed E-state index contributed by atoms with van der Waals surface area (Å²) in [6.07, 6.45) is 1.00. The second-order valence-corrected chi connectivity index (χ2v) is 5.87. The van der Waals surface area contributed by atoms with Crippen LogP contribution in [0.1, 0.15) is 35.9 Å². The van der Waals surface area contributed by atoms with Crippen LogP contribution in [0, 0.1) is 13.8 Å². The van der Waals surface area contributed by atoms with Gasteiger partial charge in [-0.2, -0.15) is 0 Å². The fraction of sp³-hybridized carbons (Fsp3) is 0.467. The van der Waals surface area contributed by atoms with Gasteiger partial charge in [0.2, 0.25) is 0 Å². The fourth-order valence-corrected chi connectivity index (χ4v) is 3.14. The Morgan fingerprint density at radius 2 is 2.05 bits per heavy atom. The molecule has 1 aromatic heterocycles. The quantitative estimate of drug-likeness (QED) is 0.831. The zero-order valence-corrected chi connectivity index (χ0v) is 13.1. The van der Waals surface area contributed by atoms with Crippen LogP contribution in [0.3, 0.4) is 0 Å². The average Bonchev–Trinajstić information content (AvgIpc) is 2.82. The van der Waals surface area contributed by atoms with Crippen molar-refractivity contribution < 1.29 is 5.11 Å². The highest BCUT2D eigenvalue weighted by Gasteiger charge is 2.11. The number of thioether (sulfide) groups is 1. The molecule has 0 bridgehead atoms. The molecule has 2 aromatic rings. The molecule has 0 fully saturated rings. The van der Waals surface area contributed by atoms with Gasteiger partial charge in [-0.05, 0) is 31.4 Å². The minimum atomic E-state index is -0.0585. The highest BCUT2D eigenvalue weighted by molar-refractivity contribution is 7.98. The van der Waals surface area contributed by atoms with E-state index in [9.17, 15) is 5.11 Å². The molecule has 0 aliphatic rings. The number of rotatable bonds is 6. The van der Waals surface area contributed by atoms with E-state index in [4.69, 9.17) is 0 Å². The van der Waals surface area contributed by atoms with Gasteiger partial charge < -0.3 is 9.67 Å². The summed E-state index contributed by atoms with van der Waals surface area (Å²) < 4.78 is 2.01. The number of aromatic nitrogens is 3. The number of nitrogens with zero attached hydrogens (tertiary/aromatic N) is 3. The van der Waals surface area contributed by atoms with Gasteiger partial charge in [0.1, 0.15) is 6.61 Å². The van der Waals surface area contributed by atoms with Gasteiger partial charge in [-0.25, -0.2) is 0 Å². The van der Waals surface area contributed by atoms with Crippen LogP contribution in [0.15, 0.2) is 23.4 Å². The van der Waals surface area contributed by atoms with E-state index >= 15 is 0 Å². The summed E-state index contributed by atoms with van der Waals surface area (Å²) in [7, 11) is 0. The lowest BCUT2D eigenvalue weighted by Gasteiger charge is -2.09. The van der Waals surface area contributed by atoms with Crippen molar-refractivity contribution in [3.8, 4) is 0 Å². The van der Waals surface area contributed by atoms with Crippen molar-refractivity contribution in [1.29, 1.82) is 0 Å². The Hall–Kier alpha value is -1.33. The number of aryl methyl sites for hydroxylation is 2. The van der Waals surface area contributed by atoms with Crippen LogP contribution < -0.4 is 0 Å². The van der Waals surface area contributed by atoms with Gasteiger partial charge in [0.15, 0.2) is 11.0 Å². The maximum absolute atomic E-state index is 9.29. The molecule has 0 spiro atoms. The Labute approximate surface area is 124 Å². The highest BCUT2D eigenvalue weighted by Crippen LogP contribution is 2.24. The predicted molar refractivity (Wildman–Crippen MR) is 81.7 cm³/mol. The lowest BCUT2D eigenvalue weighted by molar-refractivity contribution is 0.263. The molecule has 1 heterocycles. The Bertz CT molecular complexity index is 580. The summed E-state index contributed by atoms with van der Waals surface area (Å²) in [5.41, 5.74) is 3.90. The third-order valence-electron chi connectivity index (χ3n) is 3.24. The first-order valence-electron chi connectivity index (χ1n) is 6.87. The normalized spacial score (nSPS) is 11.0. The molecule has 0 amide bonds. The summed E-state index contributed by atoms with van der Waals surface area (Å²) in [6, 6.07) is 6.50. The molecule has 4 nitrogen and oxygen atoms in total. The SMILES string of the molecule is CCCn1c(CO)nnc1SCc1cc(C)ccc1C. The predicted octanol–water partition coefficient (Wildman–Crippen LogP) is 3.09. The van der Waals surface area contributed by atoms with Crippen LogP contribution in [-0.2, 0) is 18.9 Å². The van der Waals surface area contributed by atoms with E-state index in [0.717, 1.165) is 23.9 Å². The monoisotopic (exact) mass is 291 g/mol. The zero-order valence-electron chi connectivity index (χ0n) is 12.3. The molecule has 0 saturated heterocycles. The first-order chi connectivity index (χ1) is 9.65. The largest absolute Gasteiger partial charge is 0.388 e. The van der Waals surface area contributed by atoms with Gasteiger partial charge in [0.25, 0.3) is 0 Å². The van der Waals surface area contributed by atoms with Crippen molar-refractivity contribution in [2.24, 2.45) is 0 Å². The number of benzene rings is 1. The highest BCUT2D eigenvalue weighted by atomic mass is 32.2. The first kappa shape index (κ1) is 15.1. The van der Waals surface area contributed by atoms with E-state index < -0.39 is 0 Å². The van der Waals surface area contributed by atoms with E-state index in [2.05, 4.69) is 49.2 Å². The summed E-state index contributed by atoms with van der Waals surface area (Å²) in [6.45, 7) is 7.14. The van der Waals surface area contributed by atoms with Gasteiger partial charge in [0.05, 0.1) is 0 Å². The molecule has 1 N–H and O–H groups in total. The molecule has 0 atom stereocenters. The third kappa shape index (κ3) is 3.41. The van der Waals surface area contributed by atoms with Crippen molar-refractivity contribution in [2.45, 2.75) is 51.3 Å². The molecule has 0 unspecified atom stereocenters. The molecule has 0 aliphatic heterocycles. The molecule has 108 valence electrons. The summed E-state index contributed by atoms with van der Waals surface area (Å²) in [5, 5.41) is 18.4. The molecule has 0 radical (unpaired) electrons. The second-order valence-electron chi connectivity index (χ2n) is 4.93. The average molecular weight is 291 g/mol. The van der Waals surface area contributed by atoms with Gasteiger partial charge in [0, 0.05) is 12.3 Å². The Morgan fingerprint density at radius 1 is 1.25 bits per heavy atom. The molecule has 2 rings (SSSR count). The summed E-state index contributed by atoms with van der Waals surface area (Å²) in [5.74, 6) is 1.52. The summed E-state index contributed by atoms with van der Waals surface area (Å²) in [4.78, 5) is 0. The zero-order chi connectivity index (χ0) is 14.5. The van der Waals surface area contributed by atoms with E-state index in [1.165, 1.54) is 16.7 Å². The Kier molecular flexibility index (Phi) is 5.20. The molecule has 0 aliphatic carbocycles. The number of hydrogen-bond acceptors (Lipinski definition) is 4. The molecule has 5 heteroatoms. The van der Waals surface area contributed by atoms with Crippen LogP contribution in [0.5, 0.6) is 0 Å². The minimum Gasteiger partial charge on any atom is -0.388 e. The van der Waals surface area contributed by atoms with Gasteiger partial charge >= 0.3 is 0 Å². The smallest absolute Gasteiger partial charge is 0.191 e. The molecular weight excluding hydrogens is 270 g/mol. The number of aliphatic hydroxyl groups is 1. The minimum absolute atomic E-state index is 0.0585. The topological polar surface area (TPSA) is 50.9 Å². The lowest BCUT2D eigenvalue weighted by atomic mass is 10.1. The van der Waals surface area contributed by atoms with Gasteiger partial charge in [-0.1, -0.05) is 42.4 Å². The van der Waals surface area contributed by atoms with Crippen molar-refractivity contribution in [1.82, 2.24) is 14.8 Å². The fourth-order valence-electron chi connectivity index (χ4n) is 2.09. The van der Waals surface area contributed by atoms with Gasteiger partial charge in [-0.15, -0.1) is 10.2 Å². The van der Waals surface area contributed by atoms with E-state index in [1.54, 1.807) is 11.8 Å². The standard InChI is InChI=1S/C15H21N3OS/c1-4-7-18-14(9-19)16-17-15(18)20-10-13-8-11(2)5-6-12(13)3/h5-6,8,19H,4,7,9-10H2,1-3H3. The Balaban J connectivity index is 2.14. The van der Waals surface area contributed by atoms with E-state index in [0.29, 0.717) is 5.82 Å². The van der Waals surface area contributed by atoms with Crippen LogP contribution in [0.2, 0.25) is 0 Å². The molecule has 0 saturated carbocycles. The number of hydrogen-bond donors (Lipinski definition) is 1. The molecule has 20 heavy (non-hydrogen) atoms. The van der Waals surface area contributed by atoms with E-state index in [-0.39, 0.29) is 6.61 Å². The first-order valence-corrected chi connectivity index (χ1v) is 7.86. The van der Waals surface area contributed by atoms with Crippen LogP contribution in [0.4, 0.5) is 0 Å². The Morgan fingerprint density at radius 3 is 2.75 bits per heavy atom. The second kappa shape index (κ2) is 6.90. The lowest BCUT2D eigenvalue weighted by Crippen LogP contribution is -2.04. The number of aliphatic hydroxyl groups excluding tert-OH is 1. The maximum Gasteiger partial charge on any atom is 0.191 e. The molecule has 1 aromatic carbocycles. The third-order valence-corrected chi connectivity index (χ3v) is 4.26. The van der Waals surface area contributed by atoms with Crippen LogP contribution in [0.25, 0.3) is 0 Å². The van der Waals surface area contributed by atoms with Crippen molar-refractivity contribution in [3.63, 3.8) is 0 Å². The van der Waals surface area contributed by atoms with E-state index in [1.807, 2.05) is 4.57 Å². The molecular formula is C15H21N3OS. The summed E-state index contributed by atoms with van der Waals surface area (Å²) >= 11 is 1.68. The van der Waals surface area contributed by atoms with Crippen molar-refractivity contribution in [3.05, 3.63) is 40.7 Å². The van der Waals surface area contributed by atoms with Crippen LogP contribution >= 0.6 is 11.8 Å². The van der Waals surface area contributed by atoms with Crippen molar-refractivity contribution in [2.75, 3.05) is 0 Å².